The summed E-state index contributed by atoms with van der Waals surface area (Å²) in [6.45, 7) is 3.90. The molecule has 5 nitrogen and oxygen atoms in total. The van der Waals surface area contributed by atoms with Crippen molar-refractivity contribution in [2.24, 2.45) is 0 Å². The number of carbonyl (C=O) groups is 1. The summed E-state index contributed by atoms with van der Waals surface area (Å²) < 4.78 is 5.49. The highest BCUT2D eigenvalue weighted by molar-refractivity contribution is 7.80. The third kappa shape index (κ3) is 3.66. The molecule has 3 rings (SSSR count). The minimum atomic E-state index is -0.194. The molecule has 2 aliphatic heterocycles. The topological polar surface area (TPSA) is 44.8 Å². The van der Waals surface area contributed by atoms with E-state index in [1.54, 1.807) is 0 Å². The Morgan fingerprint density at radius 2 is 1.67 bits per heavy atom. The van der Waals surface area contributed by atoms with Crippen molar-refractivity contribution in [1.82, 2.24) is 15.1 Å². The van der Waals surface area contributed by atoms with Crippen molar-refractivity contribution in [3.63, 3.8) is 0 Å². The van der Waals surface area contributed by atoms with E-state index in [1.165, 1.54) is 25.7 Å². The summed E-state index contributed by atoms with van der Waals surface area (Å²) >= 11 is 5.51. The van der Waals surface area contributed by atoms with Crippen LogP contribution in [0.5, 0.6) is 0 Å². The average molecular weight is 311 g/mol. The summed E-state index contributed by atoms with van der Waals surface area (Å²) in [5, 5.41) is 4.34. The Kier molecular flexibility index (Phi) is 4.95. The number of rotatable bonds is 2. The summed E-state index contributed by atoms with van der Waals surface area (Å²) in [4.78, 5) is 16.4. The Bertz CT molecular complexity index is 384. The molecule has 1 amide bonds. The summed E-state index contributed by atoms with van der Waals surface area (Å²) in [5.41, 5.74) is 0. The van der Waals surface area contributed by atoms with Gasteiger partial charge in [0.05, 0.1) is 0 Å². The van der Waals surface area contributed by atoms with Crippen molar-refractivity contribution < 1.29 is 9.53 Å². The van der Waals surface area contributed by atoms with Crippen molar-refractivity contribution in [3.8, 4) is 0 Å². The van der Waals surface area contributed by atoms with Gasteiger partial charge in [-0.1, -0.05) is 12.8 Å². The summed E-state index contributed by atoms with van der Waals surface area (Å²) in [6, 6.07) is 0.559. The lowest BCUT2D eigenvalue weighted by Gasteiger charge is -2.37. The molecule has 118 valence electrons. The van der Waals surface area contributed by atoms with Crippen LogP contribution in [0.25, 0.3) is 0 Å². The van der Waals surface area contributed by atoms with Crippen molar-refractivity contribution in [2.45, 2.75) is 50.7 Å². The molecule has 1 N–H and O–H groups in total. The predicted octanol–water partition coefficient (Wildman–Crippen LogP) is 1.13. The highest BCUT2D eigenvalue weighted by Crippen LogP contribution is 2.19. The molecule has 6 heteroatoms. The van der Waals surface area contributed by atoms with Crippen molar-refractivity contribution >= 4 is 23.2 Å². The molecule has 2 heterocycles. The second-order valence-corrected chi connectivity index (χ2v) is 6.63. The minimum Gasteiger partial charge on any atom is -0.368 e. The van der Waals surface area contributed by atoms with E-state index in [-0.39, 0.29) is 12.0 Å². The molecule has 0 aromatic rings. The normalized spacial score (nSPS) is 27.1. The maximum atomic E-state index is 12.3. The molecule has 0 spiro atoms. The zero-order valence-corrected chi connectivity index (χ0v) is 13.4. The van der Waals surface area contributed by atoms with Gasteiger partial charge < -0.3 is 19.9 Å². The van der Waals surface area contributed by atoms with Crippen molar-refractivity contribution in [3.05, 3.63) is 0 Å². The number of carbonyl (C=O) groups excluding carboxylic acids is 1. The zero-order chi connectivity index (χ0) is 14.7. The van der Waals surface area contributed by atoms with Gasteiger partial charge in [0.2, 0.25) is 0 Å². The third-order valence-corrected chi connectivity index (χ3v) is 5.14. The molecular weight excluding hydrogens is 286 g/mol. The molecule has 0 bridgehead atoms. The fourth-order valence-electron chi connectivity index (χ4n) is 3.44. The highest BCUT2D eigenvalue weighted by Gasteiger charge is 2.31. The van der Waals surface area contributed by atoms with Crippen molar-refractivity contribution in [1.29, 1.82) is 0 Å². The van der Waals surface area contributed by atoms with E-state index in [2.05, 4.69) is 10.2 Å². The number of nitrogens with one attached hydrogen (secondary N) is 1. The largest absolute Gasteiger partial charge is 0.368 e. The average Bonchev–Trinajstić information content (AvgIpc) is 3.20. The Hall–Kier alpha value is -0.880. The smallest absolute Gasteiger partial charge is 0.251 e. The Balaban J connectivity index is 1.43. The second kappa shape index (κ2) is 6.92. The first-order valence-corrected chi connectivity index (χ1v) is 8.61. The highest BCUT2D eigenvalue weighted by atomic mass is 32.1. The van der Waals surface area contributed by atoms with Crippen molar-refractivity contribution in [2.75, 3.05) is 32.8 Å². The van der Waals surface area contributed by atoms with Gasteiger partial charge >= 0.3 is 0 Å². The molecule has 1 atom stereocenters. The van der Waals surface area contributed by atoms with E-state index in [0.29, 0.717) is 6.04 Å². The molecule has 0 aromatic carbocycles. The lowest BCUT2D eigenvalue weighted by atomic mass is 10.2. The van der Waals surface area contributed by atoms with E-state index in [0.717, 1.165) is 50.7 Å². The van der Waals surface area contributed by atoms with Crippen LogP contribution in [0.15, 0.2) is 0 Å². The second-order valence-electron chi connectivity index (χ2n) is 6.24. The van der Waals surface area contributed by atoms with Gasteiger partial charge in [-0.25, -0.2) is 0 Å². The number of hydrogen-bond donors (Lipinski definition) is 1. The number of hydrogen-bond acceptors (Lipinski definition) is 3. The van der Waals surface area contributed by atoms with Gasteiger partial charge in [0, 0.05) is 38.8 Å². The maximum Gasteiger partial charge on any atom is 0.251 e. The van der Waals surface area contributed by atoms with Crippen LogP contribution in [0, 0.1) is 0 Å². The van der Waals surface area contributed by atoms with E-state index in [1.807, 2.05) is 4.90 Å². The first kappa shape index (κ1) is 15.0. The van der Waals surface area contributed by atoms with Gasteiger partial charge in [0.15, 0.2) is 5.11 Å². The molecule has 2 saturated heterocycles. The molecule has 0 unspecified atom stereocenters. The summed E-state index contributed by atoms with van der Waals surface area (Å²) in [5.74, 6) is 0.168. The van der Waals surface area contributed by atoms with Gasteiger partial charge in [0.25, 0.3) is 5.91 Å². The monoisotopic (exact) mass is 311 g/mol. The van der Waals surface area contributed by atoms with Gasteiger partial charge in [-0.15, -0.1) is 0 Å². The lowest BCUT2D eigenvalue weighted by molar-refractivity contribution is -0.142. The van der Waals surface area contributed by atoms with Crippen LogP contribution in [-0.4, -0.2) is 65.8 Å². The van der Waals surface area contributed by atoms with Crippen LogP contribution >= 0.6 is 12.2 Å². The third-order valence-electron chi connectivity index (χ3n) is 4.77. The Morgan fingerprint density at radius 1 is 1.00 bits per heavy atom. The van der Waals surface area contributed by atoms with Crippen LogP contribution in [0.1, 0.15) is 38.5 Å². The molecule has 1 aliphatic carbocycles. The Morgan fingerprint density at radius 3 is 2.29 bits per heavy atom. The predicted molar refractivity (Wildman–Crippen MR) is 85.1 cm³/mol. The molecule has 3 aliphatic rings. The molecule has 3 fully saturated rings. The van der Waals surface area contributed by atoms with Gasteiger partial charge in [-0.05, 0) is 37.9 Å². The van der Waals surface area contributed by atoms with Crippen LogP contribution < -0.4 is 5.32 Å². The van der Waals surface area contributed by atoms with Gasteiger partial charge in [-0.3, -0.25) is 4.79 Å². The van der Waals surface area contributed by atoms with Gasteiger partial charge in [-0.2, -0.15) is 0 Å². The van der Waals surface area contributed by atoms with E-state index >= 15 is 0 Å². The number of thiocarbonyl (C=S) groups is 1. The maximum absolute atomic E-state index is 12.3. The van der Waals surface area contributed by atoms with Crippen LogP contribution in [0.4, 0.5) is 0 Å². The van der Waals surface area contributed by atoms with Crippen LogP contribution in [0.2, 0.25) is 0 Å². The number of piperazine rings is 1. The lowest BCUT2D eigenvalue weighted by Crippen LogP contribution is -2.55. The van der Waals surface area contributed by atoms with Gasteiger partial charge in [0.1, 0.15) is 6.10 Å². The molecule has 1 saturated carbocycles. The fraction of sp³-hybridized carbons (Fsp3) is 0.867. The molecule has 0 aromatic heterocycles. The van der Waals surface area contributed by atoms with E-state index < -0.39 is 0 Å². The first-order valence-electron chi connectivity index (χ1n) is 8.20. The quantitative estimate of drug-likeness (QED) is 0.775. The van der Waals surface area contributed by atoms with E-state index in [4.69, 9.17) is 17.0 Å². The molecule has 0 radical (unpaired) electrons. The standard InChI is InChI=1S/C15H25N3O2S/c19-14(13-6-3-11-20-13)17-7-9-18(10-8-17)15(21)16-12-4-1-2-5-12/h12-13H,1-11H2,(H,16,21)/t13-/m0/s1. The zero-order valence-electron chi connectivity index (χ0n) is 12.6. The SMILES string of the molecule is O=C([C@@H]1CCCO1)N1CCN(C(=S)NC2CCCC2)CC1. The molecular formula is C15H25N3O2S. The minimum absolute atomic E-state index is 0.168. The fourth-order valence-corrected chi connectivity index (χ4v) is 3.79. The number of ether oxygens (including phenoxy) is 1. The molecule has 21 heavy (non-hydrogen) atoms. The number of nitrogens with zero attached hydrogens (tertiary/aromatic N) is 2. The van der Waals surface area contributed by atoms with E-state index in [9.17, 15) is 4.79 Å². The summed E-state index contributed by atoms with van der Waals surface area (Å²) in [7, 11) is 0. The van der Waals surface area contributed by atoms with Crippen LogP contribution in [-0.2, 0) is 9.53 Å². The number of amides is 1. The first-order chi connectivity index (χ1) is 10.2. The Labute approximate surface area is 132 Å². The summed E-state index contributed by atoms with van der Waals surface area (Å²) in [6.07, 6.45) is 6.77. The van der Waals surface area contributed by atoms with Crippen LogP contribution in [0.3, 0.4) is 0 Å².